The molecule has 20 heavy (non-hydrogen) atoms. The summed E-state index contributed by atoms with van der Waals surface area (Å²) in [6.45, 7) is 5.12. The van der Waals surface area contributed by atoms with Crippen LogP contribution >= 0.6 is 15.9 Å². The van der Waals surface area contributed by atoms with Crippen LogP contribution in [0.5, 0.6) is 0 Å². The number of halogens is 1. The molecule has 108 valence electrons. The Morgan fingerprint density at radius 3 is 2.65 bits per heavy atom. The molecule has 0 bridgehead atoms. The van der Waals surface area contributed by atoms with Crippen molar-refractivity contribution in [1.29, 1.82) is 0 Å². The molecule has 3 nitrogen and oxygen atoms in total. The van der Waals surface area contributed by atoms with Gasteiger partial charge < -0.3 is 5.32 Å². The van der Waals surface area contributed by atoms with Crippen molar-refractivity contribution < 1.29 is 0 Å². The summed E-state index contributed by atoms with van der Waals surface area (Å²) in [4.78, 5) is 0. The molecule has 0 amide bonds. The summed E-state index contributed by atoms with van der Waals surface area (Å²) in [5, 5.41) is 8.07. The van der Waals surface area contributed by atoms with E-state index in [-0.39, 0.29) is 0 Å². The summed E-state index contributed by atoms with van der Waals surface area (Å²) in [7, 11) is 2.00. The third-order valence-corrected chi connectivity index (χ3v) is 4.40. The van der Waals surface area contributed by atoms with Gasteiger partial charge in [0, 0.05) is 12.7 Å². The molecule has 0 aliphatic heterocycles. The quantitative estimate of drug-likeness (QED) is 0.852. The van der Waals surface area contributed by atoms with Crippen LogP contribution < -0.4 is 5.32 Å². The van der Waals surface area contributed by atoms with E-state index >= 15 is 0 Å². The van der Waals surface area contributed by atoms with Gasteiger partial charge in [-0.25, -0.2) is 0 Å². The molecule has 0 saturated heterocycles. The highest BCUT2D eigenvalue weighted by Crippen LogP contribution is 2.24. The van der Waals surface area contributed by atoms with Crippen LogP contribution in [0.3, 0.4) is 0 Å². The van der Waals surface area contributed by atoms with E-state index in [9.17, 15) is 0 Å². The van der Waals surface area contributed by atoms with Gasteiger partial charge in [0.05, 0.1) is 22.4 Å². The van der Waals surface area contributed by atoms with Crippen molar-refractivity contribution in [3.05, 3.63) is 45.7 Å². The topological polar surface area (TPSA) is 29.9 Å². The van der Waals surface area contributed by atoms with Gasteiger partial charge in [-0.15, -0.1) is 0 Å². The fourth-order valence-corrected chi connectivity index (χ4v) is 3.13. The first kappa shape index (κ1) is 15.1. The summed E-state index contributed by atoms with van der Waals surface area (Å²) < 4.78 is 3.08. The molecule has 0 aliphatic rings. The fraction of sp³-hybridized carbons (Fsp3) is 0.438. The number of hydrogen-bond acceptors (Lipinski definition) is 2. The second-order valence-corrected chi connectivity index (χ2v) is 5.74. The number of aromatic nitrogens is 2. The van der Waals surface area contributed by atoms with E-state index in [1.165, 1.54) is 16.9 Å². The normalized spacial score (nSPS) is 10.8. The van der Waals surface area contributed by atoms with E-state index in [1.54, 1.807) is 0 Å². The largest absolute Gasteiger partial charge is 0.379 e. The zero-order chi connectivity index (χ0) is 14.5. The first-order valence-corrected chi connectivity index (χ1v) is 7.98. The lowest BCUT2D eigenvalue weighted by atomic mass is 10.1. The predicted octanol–water partition coefficient (Wildman–Crippen LogP) is 4.31. The minimum absolute atomic E-state index is 0.783. The molecule has 0 spiro atoms. The van der Waals surface area contributed by atoms with Crippen molar-refractivity contribution in [3.8, 4) is 0 Å². The molecule has 0 unspecified atom stereocenters. The SMILES string of the molecule is CCCc1ccccc1NCc1c(Br)c(CC)nn1C. The van der Waals surface area contributed by atoms with E-state index < -0.39 is 0 Å². The molecule has 0 fully saturated rings. The smallest absolute Gasteiger partial charge is 0.0767 e. The van der Waals surface area contributed by atoms with Gasteiger partial charge in [0.25, 0.3) is 0 Å². The minimum atomic E-state index is 0.783. The van der Waals surface area contributed by atoms with E-state index in [4.69, 9.17) is 0 Å². The van der Waals surface area contributed by atoms with Gasteiger partial charge in [-0.1, -0.05) is 38.5 Å². The van der Waals surface area contributed by atoms with Crippen LogP contribution in [0.1, 0.15) is 37.2 Å². The molecule has 1 heterocycles. The van der Waals surface area contributed by atoms with E-state index in [1.807, 2.05) is 11.7 Å². The molecule has 1 aromatic carbocycles. The van der Waals surface area contributed by atoms with Crippen LogP contribution in [0.4, 0.5) is 5.69 Å². The first-order valence-electron chi connectivity index (χ1n) is 7.19. The van der Waals surface area contributed by atoms with E-state index in [2.05, 4.69) is 64.5 Å². The van der Waals surface area contributed by atoms with Crippen molar-refractivity contribution in [3.63, 3.8) is 0 Å². The highest BCUT2D eigenvalue weighted by molar-refractivity contribution is 9.10. The number of benzene rings is 1. The number of hydrogen-bond donors (Lipinski definition) is 1. The first-order chi connectivity index (χ1) is 9.67. The lowest BCUT2D eigenvalue weighted by Crippen LogP contribution is -2.07. The Bertz CT molecular complexity index is 575. The second kappa shape index (κ2) is 6.93. The molecule has 4 heteroatoms. The average molecular weight is 336 g/mol. The summed E-state index contributed by atoms with van der Waals surface area (Å²) in [6.07, 6.45) is 3.21. The lowest BCUT2D eigenvalue weighted by Gasteiger charge is -2.12. The molecule has 0 radical (unpaired) electrons. The number of nitrogens with zero attached hydrogens (tertiary/aromatic N) is 2. The minimum Gasteiger partial charge on any atom is -0.379 e. The van der Waals surface area contributed by atoms with Gasteiger partial charge >= 0.3 is 0 Å². The second-order valence-electron chi connectivity index (χ2n) is 4.95. The van der Waals surface area contributed by atoms with Crippen LogP contribution in [-0.2, 0) is 26.4 Å². The van der Waals surface area contributed by atoms with E-state index in [0.29, 0.717) is 0 Å². The van der Waals surface area contributed by atoms with Gasteiger partial charge in [0.1, 0.15) is 0 Å². The van der Waals surface area contributed by atoms with Gasteiger partial charge in [0.2, 0.25) is 0 Å². The maximum absolute atomic E-state index is 4.53. The highest BCUT2D eigenvalue weighted by Gasteiger charge is 2.12. The number of nitrogens with one attached hydrogen (secondary N) is 1. The van der Waals surface area contributed by atoms with Crippen molar-refractivity contribution in [2.75, 3.05) is 5.32 Å². The molecule has 0 atom stereocenters. The Morgan fingerprint density at radius 2 is 2.00 bits per heavy atom. The average Bonchev–Trinajstić information content (AvgIpc) is 2.73. The molecular formula is C16H22BrN3. The molecule has 0 saturated carbocycles. The van der Waals surface area contributed by atoms with E-state index in [0.717, 1.165) is 36.0 Å². The Hall–Kier alpha value is -1.29. The molecule has 1 N–H and O–H groups in total. The maximum atomic E-state index is 4.53. The highest BCUT2D eigenvalue weighted by atomic mass is 79.9. The maximum Gasteiger partial charge on any atom is 0.0767 e. The number of para-hydroxylation sites is 1. The van der Waals surface area contributed by atoms with Crippen molar-refractivity contribution >= 4 is 21.6 Å². The summed E-state index contributed by atoms with van der Waals surface area (Å²) >= 11 is 3.66. The van der Waals surface area contributed by atoms with Crippen LogP contribution in [0.2, 0.25) is 0 Å². The zero-order valence-corrected chi connectivity index (χ0v) is 14.0. The van der Waals surface area contributed by atoms with Crippen LogP contribution in [-0.4, -0.2) is 9.78 Å². The van der Waals surface area contributed by atoms with Gasteiger partial charge in [-0.05, 0) is 40.4 Å². The van der Waals surface area contributed by atoms with Crippen LogP contribution in [0, 0.1) is 0 Å². The Balaban J connectivity index is 2.15. The molecular weight excluding hydrogens is 314 g/mol. The third kappa shape index (κ3) is 3.23. The number of anilines is 1. The van der Waals surface area contributed by atoms with Crippen LogP contribution in [0.15, 0.2) is 28.7 Å². The fourth-order valence-electron chi connectivity index (χ4n) is 2.37. The van der Waals surface area contributed by atoms with Crippen LogP contribution in [0.25, 0.3) is 0 Å². The number of rotatable bonds is 6. The summed E-state index contributed by atoms with van der Waals surface area (Å²) in [5.74, 6) is 0. The van der Waals surface area contributed by atoms with Crippen molar-refractivity contribution in [2.45, 2.75) is 39.7 Å². The monoisotopic (exact) mass is 335 g/mol. The summed E-state index contributed by atoms with van der Waals surface area (Å²) in [5.41, 5.74) is 4.91. The van der Waals surface area contributed by atoms with Crippen molar-refractivity contribution in [2.24, 2.45) is 7.05 Å². The standard InChI is InChI=1S/C16H22BrN3/c1-4-8-12-9-6-7-10-14(12)18-11-15-16(17)13(5-2)19-20(15)3/h6-7,9-10,18H,4-5,8,11H2,1-3H3. The molecule has 2 rings (SSSR count). The third-order valence-electron chi connectivity index (χ3n) is 3.49. The zero-order valence-electron chi connectivity index (χ0n) is 12.4. The molecule has 0 aliphatic carbocycles. The van der Waals surface area contributed by atoms with Gasteiger partial charge in [0.15, 0.2) is 0 Å². The van der Waals surface area contributed by atoms with Gasteiger partial charge in [-0.2, -0.15) is 5.10 Å². The van der Waals surface area contributed by atoms with Crippen molar-refractivity contribution in [1.82, 2.24) is 9.78 Å². The summed E-state index contributed by atoms with van der Waals surface area (Å²) in [6, 6.07) is 8.53. The predicted molar refractivity (Wildman–Crippen MR) is 88.0 cm³/mol. The Labute approximate surface area is 129 Å². The Kier molecular flexibility index (Phi) is 5.24. The Morgan fingerprint density at radius 1 is 1.25 bits per heavy atom. The molecule has 1 aromatic heterocycles. The number of aryl methyl sites for hydroxylation is 3. The van der Waals surface area contributed by atoms with Gasteiger partial charge in [-0.3, -0.25) is 4.68 Å². The lowest BCUT2D eigenvalue weighted by molar-refractivity contribution is 0.706. The molecule has 2 aromatic rings.